The highest BCUT2D eigenvalue weighted by atomic mass is 35.5. The van der Waals surface area contributed by atoms with Crippen molar-refractivity contribution in [3.05, 3.63) is 29.8 Å². The molecule has 5 nitrogen and oxygen atoms in total. The van der Waals surface area contributed by atoms with Crippen molar-refractivity contribution in [2.24, 2.45) is 5.73 Å². The van der Waals surface area contributed by atoms with Crippen molar-refractivity contribution < 1.29 is 14.3 Å². The van der Waals surface area contributed by atoms with Gasteiger partial charge in [-0.25, -0.2) is 0 Å². The van der Waals surface area contributed by atoms with E-state index in [1.807, 2.05) is 29.2 Å². The van der Waals surface area contributed by atoms with E-state index in [1.165, 1.54) is 0 Å². The fraction of sp³-hybridized carbons (Fsp3) is 0.611. The summed E-state index contributed by atoms with van der Waals surface area (Å²) in [6.45, 7) is 1.85. The molecular formula is C18H29ClN2O3. The van der Waals surface area contributed by atoms with Gasteiger partial charge in [0.1, 0.15) is 5.75 Å². The third-order valence-corrected chi connectivity index (χ3v) is 4.49. The Morgan fingerprint density at radius 2 is 2.00 bits per heavy atom. The summed E-state index contributed by atoms with van der Waals surface area (Å²) >= 11 is 0. The topological polar surface area (TPSA) is 64.8 Å². The lowest BCUT2D eigenvalue weighted by Gasteiger charge is -2.32. The molecule has 136 valence electrons. The van der Waals surface area contributed by atoms with Gasteiger partial charge in [-0.05, 0) is 37.0 Å². The molecule has 0 spiro atoms. The minimum atomic E-state index is -0.689. The summed E-state index contributed by atoms with van der Waals surface area (Å²) in [7, 11) is 3.32. The summed E-state index contributed by atoms with van der Waals surface area (Å²) in [5.41, 5.74) is 6.73. The first kappa shape index (κ1) is 20.7. The highest BCUT2D eigenvalue weighted by Gasteiger charge is 2.39. The maximum absolute atomic E-state index is 12.9. The van der Waals surface area contributed by atoms with Crippen LogP contribution in [-0.4, -0.2) is 43.7 Å². The number of carbonyl (C=O) groups is 1. The van der Waals surface area contributed by atoms with Crippen molar-refractivity contribution in [2.75, 3.05) is 27.4 Å². The van der Waals surface area contributed by atoms with E-state index in [-0.39, 0.29) is 18.3 Å². The Balaban J connectivity index is 0.00000288. The summed E-state index contributed by atoms with van der Waals surface area (Å²) in [6.07, 6.45) is 4.44. The largest absolute Gasteiger partial charge is 0.497 e. The fourth-order valence-electron chi connectivity index (χ4n) is 3.18. The van der Waals surface area contributed by atoms with Crippen molar-refractivity contribution in [3.8, 4) is 5.75 Å². The van der Waals surface area contributed by atoms with E-state index in [1.54, 1.807) is 14.2 Å². The maximum Gasteiger partial charge on any atom is 0.242 e. The first-order chi connectivity index (χ1) is 11.1. The molecule has 0 atom stereocenters. The van der Waals surface area contributed by atoms with Gasteiger partial charge >= 0.3 is 0 Å². The monoisotopic (exact) mass is 356 g/mol. The molecular weight excluding hydrogens is 328 g/mol. The van der Waals surface area contributed by atoms with Gasteiger partial charge < -0.3 is 20.1 Å². The van der Waals surface area contributed by atoms with Gasteiger partial charge in [0.25, 0.3) is 0 Å². The first-order valence-electron chi connectivity index (χ1n) is 8.29. The number of nitrogens with two attached hydrogens (primary N) is 1. The fourth-order valence-corrected chi connectivity index (χ4v) is 3.18. The van der Waals surface area contributed by atoms with E-state index in [0.717, 1.165) is 43.4 Å². The number of amides is 1. The zero-order valence-corrected chi connectivity index (χ0v) is 15.4. The maximum atomic E-state index is 12.9. The van der Waals surface area contributed by atoms with Crippen molar-refractivity contribution in [1.82, 2.24) is 4.90 Å². The summed E-state index contributed by atoms with van der Waals surface area (Å²) in [5, 5.41) is 0. The van der Waals surface area contributed by atoms with Gasteiger partial charge in [0.15, 0.2) is 0 Å². The highest BCUT2D eigenvalue weighted by Crippen LogP contribution is 2.29. The van der Waals surface area contributed by atoms with Gasteiger partial charge in [0, 0.05) is 26.8 Å². The lowest BCUT2D eigenvalue weighted by atomic mass is 9.96. The standard InChI is InChI=1S/C18H28N2O3.ClH/c1-22-12-6-11-20(17(21)18(19)9-3-4-10-18)14-15-7-5-8-16(13-15)23-2;/h5,7-8,13H,3-4,6,9-12,14,19H2,1-2H3;1H. The number of nitrogens with zero attached hydrogens (tertiary/aromatic N) is 1. The van der Waals surface area contributed by atoms with Crippen molar-refractivity contribution >= 4 is 18.3 Å². The second-order valence-corrected chi connectivity index (χ2v) is 6.29. The zero-order chi connectivity index (χ0) is 16.7. The van der Waals surface area contributed by atoms with Crippen LogP contribution in [0.4, 0.5) is 0 Å². The van der Waals surface area contributed by atoms with Crippen molar-refractivity contribution in [2.45, 2.75) is 44.2 Å². The Bertz CT molecular complexity index is 519. The Labute approximate surface area is 150 Å². The van der Waals surface area contributed by atoms with Crippen LogP contribution >= 0.6 is 12.4 Å². The normalized spacial score (nSPS) is 15.6. The molecule has 0 radical (unpaired) electrons. The summed E-state index contributed by atoms with van der Waals surface area (Å²) in [5.74, 6) is 0.865. The minimum Gasteiger partial charge on any atom is -0.497 e. The Hall–Kier alpha value is -1.30. The molecule has 24 heavy (non-hydrogen) atoms. The van der Waals surface area contributed by atoms with E-state index < -0.39 is 5.54 Å². The molecule has 1 aromatic carbocycles. The van der Waals surface area contributed by atoms with Gasteiger partial charge in [-0.3, -0.25) is 4.79 Å². The number of hydrogen-bond acceptors (Lipinski definition) is 4. The highest BCUT2D eigenvalue weighted by molar-refractivity contribution is 5.86. The number of benzene rings is 1. The smallest absolute Gasteiger partial charge is 0.242 e. The van der Waals surface area contributed by atoms with Crippen LogP contribution in [0.1, 0.15) is 37.7 Å². The molecule has 0 aliphatic heterocycles. The molecule has 1 saturated carbocycles. The molecule has 1 aliphatic carbocycles. The summed E-state index contributed by atoms with van der Waals surface area (Å²) in [4.78, 5) is 14.8. The third kappa shape index (κ3) is 5.36. The predicted octanol–water partition coefficient (Wildman–Crippen LogP) is 2.75. The molecule has 0 saturated heterocycles. The lowest BCUT2D eigenvalue weighted by molar-refractivity contribution is -0.137. The van der Waals surface area contributed by atoms with E-state index in [0.29, 0.717) is 19.7 Å². The third-order valence-electron chi connectivity index (χ3n) is 4.49. The molecule has 1 aliphatic rings. The number of ether oxygens (including phenoxy) is 2. The number of halogens is 1. The van der Waals surface area contributed by atoms with Crippen LogP contribution in [0, 0.1) is 0 Å². The quantitative estimate of drug-likeness (QED) is 0.727. The van der Waals surface area contributed by atoms with Crippen molar-refractivity contribution in [3.63, 3.8) is 0 Å². The molecule has 1 amide bonds. The van der Waals surface area contributed by atoms with Gasteiger partial charge in [0.2, 0.25) is 5.91 Å². The van der Waals surface area contributed by atoms with Crippen LogP contribution in [0.5, 0.6) is 5.75 Å². The predicted molar refractivity (Wildman–Crippen MR) is 97.5 cm³/mol. The first-order valence-corrected chi connectivity index (χ1v) is 8.29. The van der Waals surface area contributed by atoms with E-state index in [9.17, 15) is 4.79 Å². The SMILES string of the molecule is COCCCN(Cc1cccc(OC)c1)C(=O)C1(N)CCCC1.Cl. The molecule has 1 fully saturated rings. The number of hydrogen-bond donors (Lipinski definition) is 1. The number of methoxy groups -OCH3 is 2. The molecule has 0 aromatic heterocycles. The second kappa shape index (κ2) is 9.87. The average molecular weight is 357 g/mol. The molecule has 6 heteroatoms. The van der Waals surface area contributed by atoms with Gasteiger partial charge in [-0.15, -0.1) is 12.4 Å². The van der Waals surface area contributed by atoms with Gasteiger partial charge in [-0.1, -0.05) is 25.0 Å². The molecule has 1 aromatic rings. The zero-order valence-electron chi connectivity index (χ0n) is 14.6. The Morgan fingerprint density at radius 3 is 2.62 bits per heavy atom. The molecule has 2 rings (SSSR count). The van der Waals surface area contributed by atoms with E-state index >= 15 is 0 Å². The summed E-state index contributed by atoms with van der Waals surface area (Å²) in [6, 6.07) is 7.83. The van der Waals surface area contributed by atoms with Crippen LogP contribution < -0.4 is 10.5 Å². The minimum absolute atomic E-state index is 0. The Kier molecular flexibility index (Phi) is 8.53. The Morgan fingerprint density at radius 1 is 1.29 bits per heavy atom. The van der Waals surface area contributed by atoms with Crippen LogP contribution in [0.15, 0.2) is 24.3 Å². The van der Waals surface area contributed by atoms with Crippen LogP contribution in [0.2, 0.25) is 0 Å². The number of rotatable bonds is 8. The van der Waals surface area contributed by atoms with Crippen molar-refractivity contribution in [1.29, 1.82) is 0 Å². The number of carbonyl (C=O) groups excluding carboxylic acids is 1. The molecule has 0 heterocycles. The second-order valence-electron chi connectivity index (χ2n) is 6.29. The lowest BCUT2D eigenvalue weighted by Crippen LogP contribution is -2.53. The van der Waals surface area contributed by atoms with E-state index in [2.05, 4.69) is 0 Å². The van der Waals surface area contributed by atoms with Crippen LogP contribution in [0.25, 0.3) is 0 Å². The molecule has 2 N–H and O–H groups in total. The average Bonchev–Trinajstić information content (AvgIpc) is 3.01. The van der Waals surface area contributed by atoms with E-state index in [4.69, 9.17) is 15.2 Å². The summed E-state index contributed by atoms with van der Waals surface area (Å²) < 4.78 is 10.4. The molecule has 0 bridgehead atoms. The van der Waals surface area contributed by atoms with Crippen LogP contribution in [0.3, 0.4) is 0 Å². The molecule has 0 unspecified atom stereocenters. The van der Waals surface area contributed by atoms with Gasteiger partial charge in [0.05, 0.1) is 12.6 Å². The van der Waals surface area contributed by atoms with Crippen LogP contribution in [-0.2, 0) is 16.1 Å². The van der Waals surface area contributed by atoms with Gasteiger partial charge in [-0.2, -0.15) is 0 Å².